The summed E-state index contributed by atoms with van der Waals surface area (Å²) in [6.45, 7) is 0. The van der Waals surface area contributed by atoms with Crippen molar-refractivity contribution in [1.82, 2.24) is 0 Å². The molecular formula is C39H33N7O3. The van der Waals surface area contributed by atoms with Crippen LogP contribution in [-0.4, -0.2) is 21.3 Å². The Morgan fingerprint density at radius 3 is 0.653 bits per heavy atom. The molecule has 6 aromatic rings. The maximum atomic E-state index is 5.22. The molecule has 0 saturated heterocycles. The van der Waals surface area contributed by atoms with Crippen molar-refractivity contribution < 1.29 is 14.2 Å². The van der Waals surface area contributed by atoms with E-state index >= 15 is 0 Å². The summed E-state index contributed by atoms with van der Waals surface area (Å²) in [6, 6.07) is 46.0. The first-order valence-electron chi connectivity index (χ1n) is 15.4. The van der Waals surface area contributed by atoms with E-state index in [1.165, 1.54) is 0 Å². The number of anilines is 3. The molecule has 0 atom stereocenters. The molecule has 0 N–H and O–H groups in total. The van der Waals surface area contributed by atoms with Crippen LogP contribution in [0, 0.1) is 0 Å². The van der Waals surface area contributed by atoms with Gasteiger partial charge in [0.1, 0.15) is 17.2 Å². The molecule has 6 aromatic carbocycles. The van der Waals surface area contributed by atoms with Gasteiger partial charge in [-0.05, 0) is 146 Å². The predicted octanol–water partition coefficient (Wildman–Crippen LogP) is 12.4. The van der Waals surface area contributed by atoms with Gasteiger partial charge in [0.15, 0.2) is 0 Å². The van der Waals surface area contributed by atoms with Gasteiger partial charge in [0.05, 0.1) is 55.5 Å². The van der Waals surface area contributed by atoms with Crippen LogP contribution < -0.4 is 19.1 Å². The second kappa shape index (κ2) is 15.7. The summed E-state index contributed by atoms with van der Waals surface area (Å²) < 4.78 is 15.7. The minimum atomic E-state index is 0.725. The average molecular weight is 648 g/mol. The Labute approximate surface area is 284 Å². The van der Waals surface area contributed by atoms with Crippen molar-refractivity contribution in [2.45, 2.75) is 0 Å². The molecule has 10 heteroatoms. The van der Waals surface area contributed by atoms with E-state index in [-0.39, 0.29) is 0 Å². The van der Waals surface area contributed by atoms with Crippen LogP contribution in [0.3, 0.4) is 0 Å². The summed E-state index contributed by atoms with van der Waals surface area (Å²) in [7, 11) is 4.90. The fourth-order valence-corrected chi connectivity index (χ4v) is 4.75. The minimum absolute atomic E-state index is 0.725. The largest absolute Gasteiger partial charge is 0.497 e. The molecule has 242 valence electrons. The van der Waals surface area contributed by atoms with E-state index in [1.54, 1.807) is 21.3 Å². The molecule has 0 fully saturated rings. The monoisotopic (exact) mass is 647 g/mol. The summed E-state index contributed by atoms with van der Waals surface area (Å²) in [5, 5.41) is 26.3. The van der Waals surface area contributed by atoms with Gasteiger partial charge in [-0.25, -0.2) is 0 Å². The number of benzene rings is 6. The van der Waals surface area contributed by atoms with Crippen molar-refractivity contribution in [3.05, 3.63) is 146 Å². The summed E-state index contributed by atoms with van der Waals surface area (Å²) in [5.74, 6) is 2.31. The van der Waals surface area contributed by atoms with E-state index in [1.807, 2.05) is 146 Å². The number of rotatable bonds is 12. The van der Waals surface area contributed by atoms with Crippen LogP contribution >= 0.6 is 0 Å². The summed E-state index contributed by atoms with van der Waals surface area (Å²) >= 11 is 0. The fourth-order valence-electron chi connectivity index (χ4n) is 4.75. The van der Waals surface area contributed by atoms with Gasteiger partial charge in [-0.3, -0.25) is 0 Å². The molecule has 0 aliphatic heterocycles. The summed E-state index contributed by atoms with van der Waals surface area (Å²) in [4.78, 5) is 2.14. The lowest BCUT2D eigenvalue weighted by atomic mass is 10.1. The van der Waals surface area contributed by atoms with Crippen LogP contribution in [0.2, 0.25) is 0 Å². The van der Waals surface area contributed by atoms with Gasteiger partial charge in [-0.15, -0.1) is 0 Å². The number of hydrogen-bond donors (Lipinski definition) is 0. The Hall–Kier alpha value is -6.68. The van der Waals surface area contributed by atoms with E-state index in [0.29, 0.717) is 0 Å². The van der Waals surface area contributed by atoms with Crippen molar-refractivity contribution in [3.8, 4) is 17.2 Å². The minimum Gasteiger partial charge on any atom is -0.497 e. The van der Waals surface area contributed by atoms with Gasteiger partial charge in [0.25, 0.3) is 0 Å². The third-order valence-corrected chi connectivity index (χ3v) is 7.38. The maximum absolute atomic E-state index is 5.22. The highest BCUT2D eigenvalue weighted by Crippen LogP contribution is 2.37. The first-order valence-corrected chi connectivity index (χ1v) is 15.4. The molecule has 0 saturated carbocycles. The number of methoxy groups -OCH3 is 3. The normalized spacial score (nSPS) is 11.3. The molecule has 0 aliphatic rings. The van der Waals surface area contributed by atoms with E-state index in [4.69, 9.17) is 14.2 Å². The van der Waals surface area contributed by atoms with E-state index in [0.717, 1.165) is 68.4 Å². The average Bonchev–Trinajstić information content (AvgIpc) is 3.17. The Morgan fingerprint density at radius 2 is 0.469 bits per heavy atom. The standard InChI is InChI=1S/C39H33N7O3/c1-47-37-22-10-31(11-23-37)43-40-28-4-16-34(17-5-28)46(35-18-6-29(7-19-35)41-44-32-12-24-38(48-2)25-13-32)36-20-8-30(9-21-36)42-45-33-14-26-39(49-3)27-15-33/h4-27H,1-3H3. The zero-order valence-electron chi connectivity index (χ0n) is 27.2. The lowest BCUT2D eigenvalue weighted by Crippen LogP contribution is -2.09. The quantitative estimate of drug-likeness (QED) is 0.123. The first-order chi connectivity index (χ1) is 24.1. The molecule has 0 aliphatic carbocycles. The van der Waals surface area contributed by atoms with Crippen LogP contribution in [0.4, 0.5) is 51.2 Å². The van der Waals surface area contributed by atoms with Crippen LogP contribution in [-0.2, 0) is 0 Å². The molecule has 6 rings (SSSR count). The van der Waals surface area contributed by atoms with E-state index in [9.17, 15) is 0 Å². The van der Waals surface area contributed by atoms with E-state index in [2.05, 4.69) is 35.6 Å². The molecular weight excluding hydrogens is 614 g/mol. The number of hydrogen-bond acceptors (Lipinski definition) is 10. The molecule has 0 unspecified atom stereocenters. The molecule has 0 spiro atoms. The predicted molar refractivity (Wildman–Crippen MR) is 193 cm³/mol. The number of azo groups is 3. The van der Waals surface area contributed by atoms with Crippen LogP contribution in [0.15, 0.2) is 176 Å². The van der Waals surface area contributed by atoms with Gasteiger partial charge in [-0.1, -0.05) is 0 Å². The smallest absolute Gasteiger partial charge is 0.119 e. The SMILES string of the molecule is COc1ccc(N=Nc2ccc(N(c3ccc(N=Nc4ccc(OC)cc4)cc3)c3ccc(N=Nc4ccc(OC)cc4)cc3)cc2)cc1. The number of ether oxygens (including phenoxy) is 3. The van der Waals surface area contributed by atoms with Gasteiger partial charge >= 0.3 is 0 Å². The Bertz CT molecular complexity index is 1790. The molecule has 10 nitrogen and oxygen atoms in total. The van der Waals surface area contributed by atoms with Crippen molar-refractivity contribution >= 4 is 51.2 Å². The van der Waals surface area contributed by atoms with Crippen LogP contribution in [0.5, 0.6) is 17.2 Å². The second-order valence-electron chi connectivity index (χ2n) is 10.6. The molecule has 49 heavy (non-hydrogen) atoms. The third kappa shape index (κ3) is 8.57. The Balaban J connectivity index is 1.25. The van der Waals surface area contributed by atoms with Gasteiger partial charge in [0.2, 0.25) is 0 Å². The lowest BCUT2D eigenvalue weighted by Gasteiger charge is -2.25. The highest BCUT2D eigenvalue weighted by atomic mass is 16.5. The Kier molecular flexibility index (Phi) is 10.4. The topological polar surface area (TPSA) is 105 Å². The van der Waals surface area contributed by atoms with Crippen molar-refractivity contribution in [2.24, 2.45) is 30.7 Å². The second-order valence-corrected chi connectivity index (χ2v) is 10.6. The molecule has 0 heterocycles. The molecule has 0 aromatic heterocycles. The van der Waals surface area contributed by atoms with Gasteiger partial charge in [-0.2, -0.15) is 30.7 Å². The zero-order chi connectivity index (χ0) is 33.8. The summed E-state index contributed by atoms with van der Waals surface area (Å²) in [5.41, 5.74) is 7.19. The van der Waals surface area contributed by atoms with Crippen molar-refractivity contribution in [3.63, 3.8) is 0 Å². The molecule has 0 radical (unpaired) electrons. The molecule has 0 bridgehead atoms. The number of nitrogens with zero attached hydrogens (tertiary/aromatic N) is 7. The van der Waals surface area contributed by atoms with Crippen LogP contribution in [0.1, 0.15) is 0 Å². The van der Waals surface area contributed by atoms with Gasteiger partial charge < -0.3 is 19.1 Å². The highest BCUT2D eigenvalue weighted by Gasteiger charge is 2.13. The van der Waals surface area contributed by atoms with Crippen molar-refractivity contribution in [2.75, 3.05) is 26.2 Å². The van der Waals surface area contributed by atoms with Gasteiger partial charge in [0, 0.05) is 17.1 Å². The highest BCUT2D eigenvalue weighted by molar-refractivity contribution is 5.78. The van der Waals surface area contributed by atoms with E-state index < -0.39 is 0 Å². The Morgan fingerprint density at radius 1 is 0.286 bits per heavy atom. The third-order valence-electron chi connectivity index (χ3n) is 7.38. The van der Waals surface area contributed by atoms with Crippen molar-refractivity contribution in [1.29, 1.82) is 0 Å². The first kappa shape index (κ1) is 32.3. The lowest BCUT2D eigenvalue weighted by molar-refractivity contribution is 0.414. The maximum Gasteiger partial charge on any atom is 0.119 e. The summed E-state index contributed by atoms with van der Waals surface area (Å²) in [6.07, 6.45) is 0. The fraction of sp³-hybridized carbons (Fsp3) is 0.0769. The molecule has 0 amide bonds. The zero-order valence-corrected chi connectivity index (χ0v) is 27.2. The van der Waals surface area contributed by atoms with Crippen LogP contribution in [0.25, 0.3) is 0 Å².